The van der Waals surface area contributed by atoms with Crippen LogP contribution in [0.25, 0.3) is 22.6 Å². The van der Waals surface area contributed by atoms with Crippen molar-refractivity contribution in [2.45, 2.75) is 18.4 Å². The molecule has 0 radical (unpaired) electrons. The molecule has 3 aromatic carbocycles. The highest BCUT2D eigenvalue weighted by molar-refractivity contribution is 7.89. The number of carbonyl (C=O) groups excluding carboxylic acids is 1. The standard InChI is InChI=1S/C31H30ClN3O5S/c1-2-35-30-12-11-25(41(37,38)34-14-16-39-17-15-34)20-27(30)28(31(35)36)19-22-21-33(29-6-4-3-5-26(22)29)13-18-40-24-9-7-23(32)8-10-24/h3-12,19-21H,2,13-18H2,1H3/b28-19-. The zero-order valence-corrected chi connectivity index (χ0v) is 24.2. The van der Waals surface area contributed by atoms with E-state index in [4.69, 9.17) is 21.1 Å². The van der Waals surface area contributed by atoms with E-state index in [0.717, 1.165) is 22.2 Å². The van der Waals surface area contributed by atoms with Crippen LogP contribution in [0.1, 0.15) is 18.1 Å². The Balaban J connectivity index is 1.35. The van der Waals surface area contributed by atoms with Crippen LogP contribution in [-0.4, -0.2) is 62.7 Å². The van der Waals surface area contributed by atoms with Gasteiger partial charge in [0.05, 0.1) is 30.3 Å². The Bertz CT molecular complexity index is 1740. The number of sulfonamides is 1. The summed E-state index contributed by atoms with van der Waals surface area (Å²) in [5, 5.41) is 1.65. The molecule has 0 aliphatic carbocycles. The molecule has 2 aliphatic heterocycles. The molecule has 1 fully saturated rings. The summed E-state index contributed by atoms with van der Waals surface area (Å²) in [4.78, 5) is 15.5. The fourth-order valence-electron chi connectivity index (χ4n) is 5.41. The molecule has 41 heavy (non-hydrogen) atoms. The molecule has 0 bridgehead atoms. The largest absolute Gasteiger partial charge is 0.492 e. The van der Waals surface area contributed by atoms with Crippen molar-refractivity contribution in [3.63, 3.8) is 0 Å². The van der Waals surface area contributed by atoms with Gasteiger partial charge in [0.2, 0.25) is 10.0 Å². The molecule has 6 rings (SSSR count). The van der Waals surface area contributed by atoms with Crippen LogP contribution < -0.4 is 9.64 Å². The molecule has 0 atom stereocenters. The number of amides is 1. The van der Waals surface area contributed by atoms with Crippen molar-refractivity contribution in [3.8, 4) is 5.75 Å². The van der Waals surface area contributed by atoms with Crippen LogP contribution >= 0.6 is 11.6 Å². The first-order chi connectivity index (χ1) is 19.9. The average molecular weight is 592 g/mol. The number of benzene rings is 3. The van der Waals surface area contributed by atoms with Crippen molar-refractivity contribution in [1.82, 2.24) is 8.87 Å². The minimum atomic E-state index is -3.72. The minimum Gasteiger partial charge on any atom is -0.492 e. The number of morpholine rings is 1. The van der Waals surface area contributed by atoms with Crippen molar-refractivity contribution in [2.24, 2.45) is 0 Å². The highest BCUT2D eigenvalue weighted by Crippen LogP contribution is 2.40. The smallest absolute Gasteiger partial charge is 0.258 e. The number of likely N-dealkylation sites (N-methyl/N-ethyl adjacent to an activating group) is 1. The summed E-state index contributed by atoms with van der Waals surface area (Å²) in [6.07, 6.45) is 3.89. The fraction of sp³-hybridized carbons (Fsp3) is 0.258. The molecule has 0 N–H and O–H groups in total. The summed E-state index contributed by atoms with van der Waals surface area (Å²) < 4.78 is 41.6. The van der Waals surface area contributed by atoms with Crippen molar-refractivity contribution in [2.75, 3.05) is 44.4 Å². The van der Waals surface area contributed by atoms with Gasteiger partial charge in [0.1, 0.15) is 12.4 Å². The monoisotopic (exact) mass is 591 g/mol. The van der Waals surface area contributed by atoms with Crippen LogP contribution in [0.4, 0.5) is 5.69 Å². The third-order valence-electron chi connectivity index (χ3n) is 7.48. The number of rotatable bonds is 8. The van der Waals surface area contributed by atoms with E-state index in [1.807, 2.05) is 55.6 Å². The summed E-state index contributed by atoms with van der Waals surface area (Å²) in [6.45, 7) is 4.79. The third kappa shape index (κ3) is 5.26. The Morgan fingerprint density at radius 3 is 2.54 bits per heavy atom. The van der Waals surface area contributed by atoms with E-state index < -0.39 is 10.0 Å². The SMILES string of the molecule is CCN1C(=O)/C(=C\c2cn(CCOc3ccc(Cl)cc3)c3ccccc23)c2cc(S(=O)(=O)N3CCOCC3)ccc21. The fourth-order valence-corrected chi connectivity index (χ4v) is 6.97. The minimum absolute atomic E-state index is 0.147. The molecule has 8 nitrogen and oxygen atoms in total. The van der Waals surface area contributed by atoms with E-state index in [9.17, 15) is 13.2 Å². The number of ether oxygens (including phenoxy) is 2. The molecule has 1 saturated heterocycles. The maximum atomic E-state index is 13.6. The highest BCUT2D eigenvalue weighted by atomic mass is 35.5. The molecule has 1 amide bonds. The second-order valence-corrected chi connectivity index (χ2v) is 12.3. The van der Waals surface area contributed by atoms with Gasteiger partial charge >= 0.3 is 0 Å². The average Bonchev–Trinajstić information content (AvgIpc) is 3.48. The molecule has 3 heterocycles. The summed E-state index contributed by atoms with van der Waals surface area (Å²) in [5.74, 6) is 0.593. The van der Waals surface area contributed by atoms with Crippen LogP contribution in [0, 0.1) is 0 Å². The number of halogens is 1. The first-order valence-corrected chi connectivity index (χ1v) is 15.4. The van der Waals surface area contributed by atoms with Crippen LogP contribution in [0.15, 0.2) is 77.8 Å². The number of para-hydroxylation sites is 1. The van der Waals surface area contributed by atoms with Gasteiger partial charge in [-0.2, -0.15) is 4.31 Å². The lowest BCUT2D eigenvalue weighted by atomic mass is 10.0. The lowest BCUT2D eigenvalue weighted by molar-refractivity contribution is -0.112. The van der Waals surface area contributed by atoms with Gasteiger partial charge in [0.15, 0.2) is 0 Å². The van der Waals surface area contributed by atoms with Crippen molar-refractivity contribution < 1.29 is 22.7 Å². The number of hydrogen-bond donors (Lipinski definition) is 0. The predicted molar refractivity (Wildman–Crippen MR) is 161 cm³/mol. The molecular weight excluding hydrogens is 562 g/mol. The molecule has 0 spiro atoms. The number of hydrogen-bond acceptors (Lipinski definition) is 5. The second-order valence-electron chi connectivity index (χ2n) is 9.90. The van der Waals surface area contributed by atoms with Crippen molar-refractivity contribution in [3.05, 3.63) is 89.1 Å². The number of anilines is 1. The normalized spacial score (nSPS) is 17.0. The van der Waals surface area contributed by atoms with E-state index in [1.54, 1.807) is 35.2 Å². The van der Waals surface area contributed by atoms with E-state index >= 15 is 0 Å². The van der Waals surface area contributed by atoms with Gasteiger partial charge in [0.25, 0.3) is 5.91 Å². The second kappa shape index (κ2) is 11.3. The maximum Gasteiger partial charge on any atom is 0.258 e. The Kier molecular flexibility index (Phi) is 7.61. The Labute approximate surface area is 244 Å². The topological polar surface area (TPSA) is 81.1 Å². The Morgan fingerprint density at radius 2 is 1.78 bits per heavy atom. The van der Waals surface area contributed by atoms with Gasteiger partial charge in [-0.05, 0) is 61.5 Å². The first-order valence-electron chi connectivity index (χ1n) is 13.6. The molecule has 4 aromatic rings. The lowest BCUT2D eigenvalue weighted by Crippen LogP contribution is -2.40. The summed E-state index contributed by atoms with van der Waals surface area (Å²) >= 11 is 5.98. The van der Waals surface area contributed by atoms with E-state index in [2.05, 4.69) is 4.57 Å². The molecule has 10 heteroatoms. The van der Waals surface area contributed by atoms with Crippen LogP contribution in [-0.2, 0) is 26.1 Å². The number of aromatic nitrogens is 1. The predicted octanol–water partition coefficient (Wildman–Crippen LogP) is 5.30. The van der Waals surface area contributed by atoms with Gasteiger partial charge in [-0.15, -0.1) is 0 Å². The molecule has 0 saturated carbocycles. The zero-order valence-electron chi connectivity index (χ0n) is 22.6. The number of nitrogens with zero attached hydrogens (tertiary/aromatic N) is 3. The third-order valence-corrected chi connectivity index (χ3v) is 9.63. The van der Waals surface area contributed by atoms with Gasteiger partial charge in [-0.1, -0.05) is 29.8 Å². The van der Waals surface area contributed by atoms with Gasteiger partial charge in [-0.25, -0.2) is 8.42 Å². The van der Waals surface area contributed by atoms with Gasteiger partial charge in [0, 0.05) is 58.5 Å². The summed E-state index contributed by atoms with van der Waals surface area (Å²) in [5.41, 5.74) is 3.70. The molecular formula is C31H30ClN3O5S. The summed E-state index contributed by atoms with van der Waals surface area (Å²) in [7, 11) is -3.72. The quantitative estimate of drug-likeness (QED) is 0.260. The number of fused-ring (bicyclic) bond motifs is 2. The number of carbonyl (C=O) groups is 1. The molecule has 1 aromatic heterocycles. The van der Waals surface area contributed by atoms with Crippen molar-refractivity contribution >= 4 is 55.8 Å². The zero-order chi connectivity index (χ0) is 28.6. The van der Waals surface area contributed by atoms with E-state index in [1.165, 1.54) is 4.31 Å². The lowest BCUT2D eigenvalue weighted by Gasteiger charge is -2.26. The molecule has 212 valence electrons. The highest BCUT2D eigenvalue weighted by Gasteiger charge is 2.34. The molecule has 0 unspecified atom stereocenters. The van der Waals surface area contributed by atoms with Gasteiger partial charge < -0.3 is 18.9 Å². The Hall–Kier alpha value is -3.63. The van der Waals surface area contributed by atoms with Gasteiger partial charge in [-0.3, -0.25) is 4.79 Å². The van der Waals surface area contributed by atoms with Crippen LogP contribution in [0.3, 0.4) is 0 Å². The maximum absolute atomic E-state index is 13.6. The van der Waals surface area contributed by atoms with E-state index in [0.29, 0.717) is 67.8 Å². The van der Waals surface area contributed by atoms with Crippen LogP contribution in [0.5, 0.6) is 5.75 Å². The molecule has 2 aliphatic rings. The van der Waals surface area contributed by atoms with E-state index in [-0.39, 0.29) is 10.8 Å². The Morgan fingerprint density at radius 1 is 1.02 bits per heavy atom. The van der Waals surface area contributed by atoms with Crippen molar-refractivity contribution in [1.29, 1.82) is 0 Å². The van der Waals surface area contributed by atoms with Crippen LogP contribution in [0.2, 0.25) is 5.02 Å². The summed E-state index contributed by atoms with van der Waals surface area (Å²) in [6, 6.07) is 20.2. The first kappa shape index (κ1) is 27.5.